The molecule has 4 heteroatoms. The van der Waals surface area contributed by atoms with Gasteiger partial charge in [0.05, 0.1) is 4.92 Å². The quantitative estimate of drug-likeness (QED) is 0.606. The molecule has 0 fully saturated rings. The second kappa shape index (κ2) is 5.26. The minimum Gasteiger partial charge on any atom is -0.316 e. The molecule has 0 spiro atoms. The van der Waals surface area contributed by atoms with Crippen LogP contribution in [-0.4, -0.2) is 18.5 Å². The van der Waals surface area contributed by atoms with E-state index >= 15 is 0 Å². The van der Waals surface area contributed by atoms with Gasteiger partial charge < -0.3 is 5.32 Å². The summed E-state index contributed by atoms with van der Waals surface area (Å²) in [7, 11) is 1.85. The third kappa shape index (κ3) is 3.18. The van der Waals surface area contributed by atoms with Gasteiger partial charge in [-0.15, -0.1) is 0 Å². The topological polar surface area (TPSA) is 55.2 Å². The fraction of sp³-hybridized carbons (Fsp3) is 0.273. The van der Waals surface area contributed by atoms with Gasteiger partial charge in [-0.3, -0.25) is 10.1 Å². The maximum Gasteiger partial charge on any atom is 0.270 e. The highest BCUT2D eigenvalue weighted by molar-refractivity contribution is 5.57. The number of non-ortho nitro benzene ring substituents is 1. The molecule has 1 aromatic rings. The van der Waals surface area contributed by atoms with Gasteiger partial charge in [0, 0.05) is 18.7 Å². The Hall–Kier alpha value is -1.68. The summed E-state index contributed by atoms with van der Waals surface area (Å²) in [6.07, 6.45) is 3.82. The van der Waals surface area contributed by atoms with Crippen LogP contribution in [0.1, 0.15) is 11.1 Å². The van der Waals surface area contributed by atoms with Gasteiger partial charge in [0.15, 0.2) is 0 Å². The van der Waals surface area contributed by atoms with Gasteiger partial charge in [-0.2, -0.15) is 0 Å². The molecule has 0 bridgehead atoms. The molecular weight excluding hydrogens is 192 g/mol. The molecule has 1 N–H and O–H groups in total. The number of likely N-dealkylation sites (N-methyl/N-ethyl adjacent to an activating group) is 1. The summed E-state index contributed by atoms with van der Waals surface area (Å²) >= 11 is 0. The highest BCUT2D eigenvalue weighted by atomic mass is 16.6. The number of nitro benzene ring substituents is 1. The van der Waals surface area contributed by atoms with E-state index in [0.29, 0.717) is 0 Å². The van der Waals surface area contributed by atoms with Gasteiger partial charge in [-0.25, -0.2) is 0 Å². The molecule has 0 radical (unpaired) electrons. The van der Waals surface area contributed by atoms with Crippen molar-refractivity contribution < 1.29 is 4.92 Å². The van der Waals surface area contributed by atoms with Crippen LogP contribution < -0.4 is 5.32 Å². The van der Waals surface area contributed by atoms with E-state index in [-0.39, 0.29) is 10.6 Å². The molecule has 0 amide bonds. The van der Waals surface area contributed by atoms with Gasteiger partial charge >= 0.3 is 0 Å². The second-order valence-corrected chi connectivity index (χ2v) is 3.26. The fourth-order valence-corrected chi connectivity index (χ4v) is 1.22. The Balaban J connectivity index is 2.95. The Morgan fingerprint density at radius 3 is 2.87 bits per heavy atom. The highest BCUT2D eigenvalue weighted by Crippen LogP contribution is 2.18. The fourth-order valence-electron chi connectivity index (χ4n) is 1.22. The van der Waals surface area contributed by atoms with Crippen LogP contribution >= 0.6 is 0 Å². The number of hydrogen-bond acceptors (Lipinski definition) is 3. The first kappa shape index (κ1) is 11.4. The molecule has 0 heterocycles. The van der Waals surface area contributed by atoms with E-state index < -0.39 is 0 Å². The van der Waals surface area contributed by atoms with Gasteiger partial charge in [0.1, 0.15) is 0 Å². The molecule has 4 nitrogen and oxygen atoms in total. The zero-order valence-electron chi connectivity index (χ0n) is 8.86. The minimum atomic E-state index is -0.380. The van der Waals surface area contributed by atoms with Crippen molar-refractivity contribution in [3.05, 3.63) is 45.5 Å². The van der Waals surface area contributed by atoms with Crippen molar-refractivity contribution in [2.24, 2.45) is 0 Å². The SMILES string of the molecule is CNCC=Cc1cc([N+](=O)[O-])ccc1C. The standard InChI is InChI=1S/C11H14N2O2/c1-9-5-6-11(13(14)15)8-10(9)4-3-7-12-2/h3-6,8,12H,7H2,1-2H3. The third-order valence-electron chi connectivity index (χ3n) is 2.09. The number of hydrogen-bond donors (Lipinski definition) is 1. The van der Waals surface area contributed by atoms with Crippen LogP contribution in [0.5, 0.6) is 0 Å². The molecule has 15 heavy (non-hydrogen) atoms. The Morgan fingerprint density at radius 1 is 1.53 bits per heavy atom. The predicted octanol–water partition coefficient (Wildman–Crippen LogP) is 2.14. The molecule has 80 valence electrons. The van der Waals surface area contributed by atoms with Gasteiger partial charge in [0.25, 0.3) is 5.69 Å². The Bertz CT molecular complexity index is 386. The predicted molar refractivity (Wildman–Crippen MR) is 60.8 cm³/mol. The molecule has 1 aromatic carbocycles. The summed E-state index contributed by atoms with van der Waals surface area (Å²) < 4.78 is 0. The molecular formula is C11H14N2O2. The van der Waals surface area contributed by atoms with Crippen LogP contribution in [0.2, 0.25) is 0 Å². The summed E-state index contributed by atoms with van der Waals surface area (Å²) in [5, 5.41) is 13.5. The lowest BCUT2D eigenvalue weighted by molar-refractivity contribution is -0.384. The lowest BCUT2D eigenvalue weighted by atomic mass is 10.1. The third-order valence-corrected chi connectivity index (χ3v) is 2.09. The van der Waals surface area contributed by atoms with Crippen LogP contribution in [0.25, 0.3) is 6.08 Å². The highest BCUT2D eigenvalue weighted by Gasteiger charge is 2.06. The normalized spacial score (nSPS) is 10.8. The van der Waals surface area contributed by atoms with Crippen molar-refractivity contribution in [3.8, 4) is 0 Å². The number of benzene rings is 1. The van der Waals surface area contributed by atoms with Crippen molar-refractivity contribution in [3.63, 3.8) is 0 Å². The smallest absolute Gasteiger partial charge is 0.270 e. The van der Waals surface area contributed by atoms with Crippen LogP contribution in [0, 0.1) is 17.0 Å². The summed E-state index contributed by atoms with van der Waals surface area (Å²) in [6, 6.07) is 4.86. The van der Waals surface area contributed by atoms with E-state index in [1.54, 1.807) is 12.1 Å². The van der Waals surface area contributed by atoms with E-state index in [2.05, 4.69) is 5.32 Å². The Labute approximate surface area is 88.8 Å². The number of rotatable bonds is 4. The van der Waals surface area contributed by atoms with Crippen LogP contribution in [0.4, 0.5) is 5.69 Å². The molecule has 0 unspecified atom stereocenters. The van der Waals surface area contributed by atoms with Crippen molar-refractivity contribution in [2.75, 3.05) is 13.6 Å². The van der Waals surface area contributed by atoms with Gasteiger partial charge in [0.2, 0.25) is 0 Å². The maximum atomic E-state index is 10.6. The summed E-state index contributed by atoms with van der Waals surface area (Å²) in [4.78, 5) is 10.2. The van der Waals surface area contributed by atoms with Crippen LogP contribution in [0.15, 0.2) is 24.3 Å². The number of nitrogens with zero attached hydrogens (tertiary/aromatic N) is 1. The molecule has 0 aromatic heterocycles. The zero-order valence-corrected chi connectivity index (χ0v) is 8.86. The largest absolute Gasteiger partial charge is 0.316 e. The minimum absolute atomic E-state index is 0.129. The van der Waals surface area contributed by atoms with Crippen molar-refractivity contribution in [2.45, 2.75) is 6.92 Å². The second-order valence-electron chi connectivity index (χ2n) is 3.26. The van der Waals surface area contributed by atoms with E-state index in [1.165, 1.54) is 6.07 Å². The van der Waals surface area contributed by atoms with Crippen molar-refractivity contribution >= 4 is 11.8 Å². The molecule has 0 aliphatic heterocycles. The summed E-state index contributed by atoms with van der Waals surface area (Å²) in [5.41, 5.74) is 2.05. The average molecular weight is 206 g/mol. The zero-order chi connectivity index (χ0) is 11.3. The van der Waals surface area contributed by atoms with Gasteiger partial charge in [-0.1, -0.05) is 18.2 Å². The summed E-state index contributed by atoms with van der Waals surface area (Å²) in [6.45, 7) is 2.69. The number of aryl methyl sites for hydroxylation is 1. The molecule has 0 aliphatic rings. The lowest BCUT2D eigenvalue weighted by Crippen LogP contribution is -2.03. The summed E-state index contributed by atoms with van der Waals surface area (Å²) in [5.74, 6) is 0. The average Bonchev–Trinajstić information content (AvgIpc) is 2.20. The molecule has 0 saturated carbocycles. The van der Waals surface area contributed by atoms with E-state index in [4.69, 9.17) is 0 Å². The van der Waals surface area contributed by atoms with Gasteiger partial charge in [-0.05, 0) is 25.1 Å². The van der Waals surface area contributed by atoms with Crippen LogP contribution in [0.3, 0.4) is 0 Å². The Morgan fingerprint density at radius 2 is 2.27 bits per heavy atom. The monoisotopic (exact) mass is 206 g/mol. The maximum absolute atomic E-state index is 10.6. The Kier molecular flexibility index (Phi) is 4.00. The first-order valence-corrected chi connectivity index (χ1v) is 4.71. The molecule has 1 rings (SSSR count). The van der Waals surface area contributed by atoms with Crippen molar-refractivity contribution in [1.82, 2.24) is 5.32 Å². The van der Waals surface area contributed by atoms with E-state index in [1.807, 2.05) is 26.1 Å². The van der Waals surface area contributed by atoms with E-state index in [0.717, 1.165) is 17.7 Å². The molecule has 0 atom stereocenters. The number of nitrogens with one attached hydrogen (secondary N) is 1. The number of nitro groups is 1. The molecule has 0 saturated heterocycles. The lowest BCUT2D eigenvalue weighted by Gasteiger charge is -1.99. The van der Waals surface area contributed by atoms with E-state index in [9.17, 15) is 10.1 Å². The molecule has 0 aliphatic carbocycles. The van der Waals surface area contributed by atoms with Crippen LogP contribution in [-0.2, 0) is 0 Å². The first-order valence-electron chi connectivity index (χ1n) is 4.71. The van der Waals surface area contributed by atoms with Crippen molar-refractivity contribution in [1.29, 1.82) is 0 Å². The first-order chi connectivity index (χ1) is 7.15.